The van der Waals surface area contributed by atoms with E-state index < -0.39 is 0 Å². The predicted molar refractivity (Wildman–Crippen MR) is 89.8 cm³/mol. The smallest absolute Gasteiger partial charge is 0.238 e. The number of carbonyl (C=O) groups is 2. The molecule has 0 aliphatic carbocycles. The molecule has 0 saturated carbocycles. The van der Waals surface area contributed by atoms with Crippen molar-refractivity contribution in [3.63, 3.8) is 0 Å². The second kappa shape index (κ2) is 8.10. The number of nitrogens with one attached hydrogen (secondary N) is 2. The van der Waals surface area contributed by atoms with Crippen molar-refractivity contribution < 1.29 is 14.3 Å². The molecular weight excluding hydrogens is 292 g/mol. The number of hydrogen-bond donors (Lipinski definition) is 2. The van der Waals surface area contributed by atoms with Crippen molar-refractivity contribution in [3.05, 3.63) is 59.7 Å². The maximum Gasteiger partial charge on any atom is 0.238 e. The third kappa shape index (κ3) is 4.66. The van der Waals surface area contributed by atoms with E-state index in [4.69, 9.17) is 4.74 Å². The van der Waals surface area contributed by atoms with Gasteiger partial charge in [-0.25, -0.2) is 0 Å². The van der Waals surface area contributed by atoms with E-state index in [-0.39, 0.29) is 18.2 Å². The summed E-state index contributed by atoms with van der Waals surface area (Å²) in [6.45, 7) is 2.14. The molecule has 0 saturated heterocycles. The molecule has 0 fully saturated rings. The summed E-state index contributed by atoms with van der Waals surface area (Å²) < 4.78 is 5.26. The summed E-state index contributed by atoms with van der Waals surface area (Å²) in [5.41, 5.74) is 2.02. The quantitative estimate of drug-likeness (QED) is 0.771. The Morgan fingerprint density at radius 1 is 1.04 bits per heavy atom. The van der Waals surface area contributed by atoms with Gasteiger partial charge in [0.2, 0.25) is 5.91 Å². The Kier molecular flexibility index (Phi) is 5.88. The number of benzene rings is 2. The minimum Gasteiger partial charge on any atom is -0.496 e. The van der Waals surface area contributed by atoms with Gasteiger partial charge in [-0.05, 0) is 25.1 Å². The summed E-state index contributed by atoms with van der Waals surface area (Å²) in [5, 5.41) is 5.82. The zero-order valence-corrected chi connectivity index (χ0v) is 13.3. The van der Waals surface area contributed by atoms with E-state index in [2.05, 4.69) is 10.6 Å². The molecule has 0 atom stereocenters. The van der Waals surface area contributed by atoms with Gasteiger partial charge in [-0.15, -0.1) is 0 Å². The first-order chi connectivity index (χ1) is 11.1. The first-order valence-electron chi connectivity index (χ1n) is 7.34. The zero-order chi connectivity index (χ0) is 16.7. The van der Waals surface area contributed by atoms with Crippen molar-refractivity contribution in [2.45, 2.75) is 13.5 Å². The van der Waals surface area contributed by atoms with Crippen molar-refractivity contribution >= 4 is 17.4 Å². The van der Waals surface area contributed by atoms with Gasteiger partial charge < -0.3 is 15.4 Å². The van der Waals surface area contributed by atoms with Crippen molar-refractivity contribution in [1.29, 1.82) is 0 Å². The first-order valence-corrected chi connectivity index (χ1v) is 7.34. The van der Waals surface area contributed by atoms with Gasteiger partial charge in [0.25, 0.3) is 0 Å². The van der Waals surface area contributed by atoms with Crippen LogP contribution in [0, 0.1) is 0 Å². The van der Waals surface area contributed by atoms with Crippen LogP contribution < -0.4 is 15.4 Å². The number of Topliss-reactive ketones (excluding diaryl/α,β-unsaturated/α-hetero) is 1. The molecule has 0 bridgehead atoms. The van der Waals surface area contributed by atoms with Crippen molar-refractivity contribution in [1.82, 2.24) is 5.32 Å². The van der Waals surface area contributed by atoms with Crippen LogP contribution in [0.1, 0.15) is 22.8 Å². The molecule has 0 spiro atoms. The second-order valence-electron chi connectivity index (χ2n) is 5.07. The van der Waals surface area contributed by atoms with Gasteiger partial charge in [-0.1, -0.05) is 30.3 Å². The molecule has 120 valence electrons. The average molecular weight is 312 g/mol. The van der Waals surface area contributed by atoms with E-state index in [1.807, 2.05) is 24.3 Å². The van der Waals surface area contributed by atoms with Crippen LogP contribution in [0.25, 0.3) is 0 Å². The molecule has 0 aliphatic rings. The molecule has 0 radical (unpaired) electrons. The number of methoxy groups -OCH3 is 1. The monoisotopic (exact) mass is 312 g/mol. The van der Waals surface area contributed by atoms with Crippen LogP contribution in [0.5, 0.6) is 5.75 Å². The van der Waals surface area contributed by atoms with Gasteiger partial charge >= 0.3 is 0 Å². The van der Waals surface area contributed by atoms with Gasteiger partial charge in [-0.2, -0.15) is 0 Å². The minimum absolute atomic E-state index is 0.0807. The maximum atomic E-state index is 12.0. The molecule has 23 heavy (non-hydrogen) atoms. The van der Waals surface area contributed by atoms with Crippen LogP contribution >= 0.6 is 0 Å². The van der Waals surface area contributed by atoms with Crippen molar-refractivity contribution in [3.8, 4) is 5.75 Å². The maximum absolute atomic E-state index is 12.0. The third-order valence-electron chi connectivity index (χ3n) is 3.37. The summed E-state index contributed by atoms with van der Waals surface area (Å²) in [5.74, 6) is 0.499. The predicted octanol–water partition coefficient (Wildman–Crippen LogP) is 2.63. The molecule has 2 rings (SSSR count). The Morgan fingerprint density at radius 2 is 1.74 bits per heavy atom. The van der Waals surface area contributed by atoms with Gasteiger partial charge in [-0.3, -0.25) is 9.59 Å². The van der Waals surface area contributed by atoms with Gasteiger partial charge in [0.15, 0.2) is 5.78 Å². The van der Waals surface area contributed by atoms with E-state index in [0.29, 0.717) is 17.8 Å². The highest BCUT2D eigenvalue weighted by Gasteiger charge is 2.09. The van der Waals surface area contributed by atoms with E-state index in [1.54, 1.807) is 31.4 Å². The fraction of sp³-hybridized carbons (Fsp3) is 0.222. The number of anilines is 1. The Hall–Kier alpha value is -2.66. The van der Waals surface area contributed by atoms with Gasteiger partial charge in [0, 0.05) is 17.7 Å². The lowest BCUT2D eigenvalue weighted by Crippen LogP contribution is -2.28. The number of amides is 1. The van der Waals surface area contributed by atoms with Crippen molar-refractivity contribution in [2.75, 3.05) is 19.0 Å². The summed E-state index contributed by atoms with van der Waals surface area (Å²) in [7, 11) is 1.62. The van der Waals surface area contributed by atoms with E-state index in [0.717, 1.165) is 11.3 Å². The number of para-hydroxylation sites is 2. The normalized spacial score (nSPS) is 10.2. The second-order valence-corrected chi connectivity index (χ2v) is 5.07. The van der Waals surface area contributed by atoms with Crippen LogP contribution in [0.15, 0.2) is 48.5 Å². The highest BCUT2D eigenvalue weighted by atomic mass is 16.5. The minimum atomic E-state index is -0.200. The first kappa shape index (κ1) is 16.7. The van der Waals surface area contributed by atoms with Crippen LogP contribution in [-0.2, 0) is 11.3 Å². The van der Waals surface area contributed by atoms with Gasteiger partial charge in [0.05, 0.1) is 19.3 Å². The molecule has 1 amide bonds. The lowest BCUT2D eigenvalue weighted by Gasteiger charge is -2.11. The number of hydrogen-bond acceptors (Lipinski definition) is 4. The summed E-state index contributed by atoms with van der Waals surface area (Å²) in [6.07, 6.45) is 0. The van der Waals surface area contributed by atoms with Crippen LogP contribution in [0.3, 0.4) is 0 Å². The van der Waals surface area contributed by atoms with Crippen LogP contribution in [-0.4, -0.2) is 25.3 Å². The molecule has 2 N–H and O–H groups in total. The molecule has 2 aromatic rings. The highest BCUT2D eigenvalue weighted by molar-refractivity contribution is 6.04. The number of ketones is 1. The molecule has 0 heterocycles. The third-order valence-corrected chi connectivity index (χ3v) is 3.37. The van der Waals surface area contributed by atoms with E-state index >= 15 is 0 Å². The molecule has 5 heteroatoms. The number of rotatable bonds is 7. The summed E-state index contributed by atoms with van der Waals surface area (Å²) in [6, 6.07) is 14.6. The molecule has 2 aromatic carbocycles. The Balaban J connectivity index is 1.90. The zero-order valence-electron chi connectivity index (χ0n) is 13.3. The average Bonchev–Trinajstić information content (AvgIpc) is 2.55. The topological polar surface area (TPSA) is 67.4 Å². The largest absolute Gasteiger partial charge is 0.496 e. The Labute approximate surface area is 135 Å². The van der Waals surface area contributed by atoms with E-state index in [9.17, 15) is 9.59 Å². The number of ether oxygens (including phenoxy) is 1. The molecular formula is C18H20N2O3. The lowest BCUT2D eigenvalue weighted by atomic mass is 10.1. The van der Waals surface area contributed by atoms with Gasteiger partial charge in [0.1, 0.15) is 5.75 Å². The standard InChI is InChI=1S/C18H20N2O3/c1-13(21)15-8-4-5-9-16(15)20-18(22)12-19-11-14-7-3-6-10-17(14)23-2/h3-10,19H,11-12H2,1-2H3,(H,20,22). The highest BCUT2D eigenvalue weighted by Crippen LogP contribution is 2.17. The fourth-order valence-corrected chi connectivity index (χ4v) is 2.25. The molecule has 0 unspecified atom stereocenters. The summed E-state index contributed by atoms with van der Waals surface area (Å²) in [4.78, 5) is 23.6. The molecule has 5 nitrogen and oxygen atoms in total. The molecule has 0 aliphatic heterocycles. The van der Waals surface area contributed by atoms with Crippen LogP contribution in [0.2, 0.25) is 0 Å². The van der Waals surface area contributed by atoms with E-state index in [1.165, 1.54) is 6.92 Å². The molecule has 0 aromatic heterocycles. The lowest BCUT2D eigenvalue weighted by molar-refractivity contribution is -0.115. The SMILES string of the molecule is COc1ccccc1CNCC(=O)Nc1ccccc1C(C)=O. The Bertz CT molecular complexity index is 698. The van der Waals surface area contributed by atoms with Crippen molar-refractivity contribution in [2.24, 2.45) is 0 Å². The Morgan fingerprint density at radius 3 is 2.48 bits per heavy atom. The summed E-state index contributed by atoms with van der Waals surface area (Å²) >= 11 is 0. The van der Waals surface area contributed by atoms with Crippen LogP contribution in [0.4, 0.5) is 5.69 Å². The number of carbonyl (C=O) groups excluding carboxylic acids is 2. The fourth-order valence-electron chi connectivity index (χ4n) is 2.25.